The van der Waals surface area contributed by atoms with Gasteiger partial charge in [-0.15, -0.1) is 0 Å². The van der Waals surface area contributed by atoms with E-state index in [-0.39, 0.29) is 17.5 Å². The third-order valence-corrected chi connectivity index (χ3v) is 7.32. The molecular formula is C18H27NO3. The predicted octanol–water partition coefficient (Wildman–Crippen LogP) is 3.62. The van der Waals surface area contributed by atoms with Crippen molar-refractivity contribution < 1.29 is 14.7 Å². The molecular weight excluding hydrogens is 278 g/mol. The molecule has 0 amide bonds. The zero-order chi connectivity index (χ0) is 15.5. The van der Waals surface area contributed by atoms with Crippen molar-refractivity contribution in [2.45, 2.75) is 64.9 Å². The number of carbonyl (C=O) groups is 1. The topological polar surface area (TPSA) is 58.9 Å². The summed E-state index contributed by atoms with van der Waals surface area (Å²) in [6, 6.07) is 0. The third kappa shape index (κ3) is 1.82. The summed E-state index contributed by atoms with van der Waals surface area (Å²) < 4.78 is 5.78. The van der Waals surface area contributed by atoms with E-state index in [1.165, 1.54) is 26.2 Å². The van der Waals surface area contributed by atoms with E-state index in [0.29, 0.717) is 17.8 Å². The maximum Gasteiger partial charge on any atom is 0.302 e. The summed E-state index contributed by atoms with van der Waals surface area (Å²) in [6.07, 6.45) is 7.96. The Hall–Kier alpha value is -1.06. The Kier molecular flexibility index (Phi) is 3.28. The van der Waals surface area contributed by atoms with E-state index in [0.717, 1.165) is 43.2 Å². The minimum Gasteiger partial charge on any atom is -0.462 e. The van der Waals surface area contributed by atoms with Gasteiger partial charge in [0.15, 0.2) is 0 Å². The van der Waals surface area contributed by atoms with E-state index in [2.05, 4.69) is 12.1 Å². The number of ether oxygens (including phenoxy) is 1. The van der Waals surface area contributed by atoms with Crippen LogP contribution >= 0.6 is 0 Å². The number of esters is 1. The average molecular weight is 305 g/mol. The van der Waals surface area contributed by atoms with Gasteiger partial charge in [0.1, 0.15) is 6.10 Å². The van der Waals surface area contributed by atoms with Gasteiger partial charge in [-0.2, -0.15) is 0 Å². The SMILES string of the molecule is CC(=O)O[C@@H]1C[C@@H]2C[C@@H](C)C[C@]34[C@@H]2CC[C@H]3/C(=N/O)CC[C@H]14. The molecule has 2 bridgehead atoms. The highest BCUT2D eigenvalue weighted by atomic mass is 16.5. The van der Waals surface area contributed by atoms with Gasteiger partial charge < -0.3 is 9.94 Å². The molecule has 1 spiro atoms. The molecule has 4 fully saturated rings. The van der Waals surface area contributed by atoms with Gasteiger partial charge in [-0.1, -0.05) is 12.1 Å². The second-order valence-corrected chi connectivity index (χ2v) is 8.27. The van der Waals surface area contributed by atoms with Crippen LogP contribution in [-0.2, 0) is 9.53 Å². The minimum absolute atomic E-state index is 0.0899. The van der Waals surface area contributed by atoms with Crippen LogP contribution in [0.3, 0.4) is 0 Å². The van der Waals surface area contributed by atoms with Crippen LogP contribution in [0.15, 0.2) is 5.16 Å². The lowest BCUT2D eigenvalue weighted by Crippen LogP contribution is -2.59. The smallest absolute Gasteiger partial charge is 0.302 e. The van der Waals surface area contributed by atoms with Crippen LogP contribution in [0, 0.1) is 35.0 Å². The van der Waals surface area contributed by atoms with Crippen molar-refractivity contribution >= 4 is 11.7 Å². The van der Waals surface area contributed by atoms with Crippen molar-refractivity contribution in [1.29, 1.82) is 0 Å². The molecule has 0 aromatic rings. The van der Waals surface area contributed by atoms with Crippen molar-refractivity contribution in [1.82, 2.24) is 0 Å². The fourth-order valence-corrected chi connectivity index (χ4v) is 7.10. The molecule has 4 saturated carbocycles. The van der Waals surface area contributed by atoms with Gasteiger partial charge in [0.05, 0.1) is 5.71 Å². The van der Waals surface area contributed by atoms with Crippen molar-refractivity contribution in [3.05, 3.63) is 0 Å². The van der Waals surface area contributed by atoms with Gasteiger partial charge in [-0.05, 0) is 68.1 Å². The maximum absolute atomic E-state index is 11.6. The van der Waals surface area contributed by atoms with Crippen molar-refractivity contribution in [2.24, 2.45) is 40.2 Å². The zero-order valence-electron chi connectivity index (χ0n) is 13.6. The average Bonchev–Trinajstić information content (AvgIpc) is 2.83. The lowest BCUT2D eigenvalue weighted by atomic mass is 9.44. The number of oxime groups is 1. The first-order chi connectivity index (χ1) is 10.6. The van der Waals surface area contributed by atoms with Crippen LogP contribution in [0.1, 0.15) is 58.8 Å². The van der Waals surface area contributed by atoms with Crippen LogP contribution in [-0.4, -0.2) is 23.0 Å². The molecule has 0 aliphatic heterocycles. The van der Waals surface area contributed by atoms with Gasteiger partial charge in [0.2, 0.25) is 0 Å². The molecule has 4 nitrogen and oxygen atoms in total. The second-order valence-electron chi connectivity index (χ2n) is 8.27. The quantitative estimate of drug-likeness (QED) is 0.457. The Balaban J connectivity index is 1.77. The molecule has 0 heterocycles. The highest BCUT2D eigenvalue weighted by Gasteiger charge is 2.66. The minimum atomic E-state index is -0.137. The number of rotatable bonds is 1. The van der Waals surface area contributed by atoms with Crippen LogP contribution < -0.4 is 0 Å². The Morgan fingerprint density at radius 1 is 1.27 bits per heavy atom. The van der Waals surface area contributed by atoms with Crippen molar-refractivity contribution in [3.63, 3.8) is 0 Å². The van der Waals surface area contributed by atoms with E-state index < -0.39 is 0 Å². The fraction of sp³-hybridized carbons (Fsp3) is 0.889. The lowest BCUT2D eigenvalue weighted by molar-refractivity contribution is -0.177. The Bertz CT molecular complexity index is 516. The van der Waals surface area contributed by atoms with Crippen LogP contribution in [0.25, 0.3) is 0 Å². The van der Waals surface area contributed by atoms with Gasteiger partial charge in [0.25, 0.3) is 0 Å². The van der Waals surface area contributed by atoms with Crippen LogP contribution in [0.2, 0.25) is 0 Å². The Morgan fingerprint density at radius 3 is 2.82 bits per heavy atom. The Labute approximate surface area is 132 Å². The molecule has 4 heteroatoms. The molecule has 0 aromatic heterocycles. The van der Waals surface area contributed by atoms with Crippen LogP contribution in [0.4, 0.5) is 0 Å². The molecule has 4 rings (SSSR count). The number of carbonyl (C=O) groups excluding carboxylic acids is 1. The summed E-state index contributed by atoms with van der Waals surface area (Å²) in [6.45, 7) is 3.92. The zero-order valence-corrected chi connectivity index (χ0v) is 13.6. The van der Waals surface area contributed by atoms with Crippen LogP contribution in [0.5, 0.6) is 0 Å². The summed E-state index contributed by atoms with van der Waals surface area (Å²) in [4.78, 5) is 11.6. The molecule has 0 aromatic carbocycles. The first-order valence-electron chi connectivity index (χ1n) is 8.94. The summed E-state index contributed by atoms with van der Waals surface area (Å²) in [7, 11) is 0. The summed E-state index contributed by atoms with van der Waals surface area (Å²) >= 11 is 0. The lowest BCUT2D eigenvalue weighted by Gasteiger charge is -2.61. The monoisotopic (exact) mass is 305 g/mol. The number of hydrogen-bond donors (Lipinski definition) is 1. The van der Waals surface area contributed by atoms with E-state index in [1.807, 2.05) is 0 Å². The van der Waals surface area contributed by atoms with Gasteiger partial charge in [-0.25, -0.2) is 0 Å². The maximum atomic E-state index is 11.6. The molecule has 122 valence electrons. The molecule has 0 radical (unpaired) electrons. The highest BCUT2D eigenvalue weighted by molar-refractivity contribution is 5.88. The first kappa shape index (κ1) is 14.5. The first-order valence-corrected chi connectivity index (χ1v) is 8.94. The molecule has 4 aliphatic rings. The van der Waals surface area contributed by atoms with Gasteiger partial charge >= 0.3 is 5.97 Å². The van der Waals surface area contributed by atoms with E-state index in [1.54, 1.807) is 0 Å². The number of hydrogen-bond acceptors (Lipinski definition) is 4. The second kappa shape index (κ2) is 4.97. The third-order valence-electron chi connectivity index (χ3n) is 7.32. The largest absolute Gasteiger partial charge is 0.462 e. The molecule has 7 atom stereocenters. The Morgan fingerprint density at radius 2 is 2.09 bits per heavy atom. The van der Waals surface area contributed by atoms with E-state index >= 15 is 0 Å². The van der Waals surface area contributed by atoms with E-state index in [9.17, 15) is 10.0 Å². The van der Waals surface area contributed by atoms with E-state index in [4.69, 9.17) is 4.74 Å². The predicted molar refractivity (Wildman–Crippen MR) is 82.7 cm³/mol. The summed E-state index contributed by atoms with van der Waals surface area (Å²) in [5.74, 6) is 2.93. The number of nitrogens with zero attached hydrogens (tertiary/aromatic N) is 1. The normalized spacial score (nSPS) is 51.5. The standard InChI is InChI=1S/C18H27NO3/c1-10-7-12-8-17(22-11(2)20)15-5-6-16(19-21)14-4-3-13(12)18(14,15)9-10/h10,12-15,17,21H,3-9H2,1-2H3/b19-16+/t10-,12+,13-,14+,15-,17-,18+/m1/s1. The van der Waals surface area contributed by atoms with Crippen molar-refractivity contribution in [3.8, 4) is 0 Å². The molecule has 0 saturated heterocycles. The summed E-state index contributed by atoms with van der Waals surface area (Å²) in [5, 5.41) is 13.2. The molecule has 4 aliphatic carbocycles. The molecule has 1 N–H and O–H groups in total. The van der Waals surface area contributed by atoms with Gasteiger partial charge in [0, 0.05) is 18.8 Å². The molecule has 22 heavy (non-hydrogen) atoms. The molecule has 0 unspecified atom stereocenters. The fourth-order valence-electron chi connectivity index (χ4n) is 7.10. The summed E-state index contributed by atoms with van der Waals surface area (Å²) in [5.41, 5.74) is 1.26. The van der Waals surface area contributed by atoms with Crippen molar-refractivity contribution in [2.75, 3.05) is 0 Å². The highest BCUT2D eigenvalue weighted by Crippen LogP contribution is 2.69. The van der Waals surface area contributed by atoms with Gasteiger partial charge in [-0.3, -0.25) is 4.79 Å².